The first-order valence-corrected chi connectivity index (χ1v) is 8.89. The van der Waals surface area contributed by atoms with E-state index in [-0.39, 0.29) is 24.2 Å². The summed E-state index contributed by atoms with van der Waals surface area (Å²) in [5.41, 5.74) is 0.478. The van der Waals surface area contributed by atoms with Crippen molar-refractivity contribution < 1.29 is 8.42 Å². The first kappa shape index (κ1) is 19.0. The van der Waals surface area contributed by atoms with Crippen molar-refractivity contribution in [2.24, 2.45) is 0 Å². The lowest BCUT2D eigenvalue weighted by Crippen LogP contribution is -2.41. The molecule has 1 N–H and O–H groups in total. The first-order valence-electron chi connectivity index (χ1n) is 6.52. The van der Waals surface area contributed by atoms with Crippen molar-refractivity contribution in [2.75, 3.05) is 20.1 Å². The summed E-state index contributed by atoms with van der Waals surface area (Å²) in [6.45, 7) is 1.23. The number of hydrogen-bond donors (Lipinski definition) is 1. The van der Waals surface area contributed by atoms with E-state index in [0.717, 1.165) is 12.8 Å². The number of hydrogen-bond acceptors (Lipinski definition) is 3. The van der Waals surface area contributed by atoms with Gasteiger partial charge in [-0.2, -0.15) is 4.31 Å². The van der Waals surface area contributed by atoms with Crippen LogP contribution in [-0.4, -0.2) is 38.9 Å². The molecule has 1 heterocycles. The second-order valence-corrected chi connectivity index (χ2v) is 7.66. The van der Waals surface area contributed by atoms with Gasteiger partial charge in [0.2, 0.25) is 10.0 Å². The van der Waals surface area contributed by atoms with Crippen LogP contribution in [0.1, 0.15) is 18.4 Å². The molecule has 4 nitrogen and oxygen atoms in total. The van der Waals surface area contributed by atoms with Gasteiger partial charge in [-0.25, -0.2) is 8.42 Å². The summed E-state index contributed by atoms with van der Waals surface area (Å²) in [7, 11) is -1.58. The van der Waals surface area contributed by atoms with Crippen molar-refractivity contribution >= 4 is 45.6 Å². The number of nitrogens with one attached hydrogen (secondary N) is 1. The summed E-state index contributed by atoms with van der Waals surface area (Å²) in [5.74, 6) is -0.147. The summed E-state index contributed by atoms with van der Waals surface area (Å²) in [5, 5.41) is 3.83. The average Bonchev–Trinajstić information content (AvgIpc) is 2.84. The van der Waals surface area contributed by atoms with E-state index in [1.807, 2.05) is 7.05 Å². The molecule has 1 atom stereocenters. The molecule has 1 aliphatic heterocycles. The van der Waals surface area contributed by atoms with Crippen LogP contribution in [0.5, 0.6) is 0 Å². The van der Waals surface area contributed by atoms with E-state index in [1.165, 1.54) is 0 Å². The Hall–Kier alpha value is -0.0400. The normalized spacial score (nSPS) is 19.5. The molecule has 1 aromatic rings. The second kappa shape index (κ2) is 7.99. The molecule has 1 fully saturated rings. The Labute approximate surface area is 142 Å². The van der Waals surface area contributed by atoms with Gasteiger partial charge in [-0.15, -0.1) is 12.4 Å². The Morgan fingerprint density at radius 2 is 1.95 bits per heavy atom. The summed E-state index contributed by atoms with van der Waals surface area (Å²) in [4.78, 5) is 0. The number of halogens is 3. The third-order valence-corrected chi connectivity index (χ3v) is 6.07. The molecule has 21 heavy (non-hydrogen) atoms. The maximum absolute atomic E-state index is 12.6. The highest BCUT2D eigenvalue weighted by atomic mass is 35.5. The van der Waals surface area contributed by atoms with Gasteiger partial charge in [-0.05, 0) is 32.0 Å². The van der Waals surface area contributed by atoms with E-state index in [9.17, 15) is 8.42 Å². The zero-order valence-corrected chi connectivity index (χ0v) is 14.8. The number of benzene rings is 1. The molecule has 0 amide bonds. The van der Waals surface area contributed by atoms with Crippen molar-refractivity contribution in [3.63, 3.8) is 0 Å². The van der Waals surface area contributed by atoms with E-state index in [0.29, 0.717) is 28.7 Å². The van der Waals surface area contributed by atoms with E-state index >= 15 is 0 Å². The first-order chi connectivity index (χ1) is 9.45. The molecule has 2 rings (SSSR count). The summed E-state index contributed by atoms with van der Waals surface area (Å²) >= 11 is 12.1. The lowest BCUT2D eigenvalue weighted by molar-refractivity contribution is 0.378. The predicted molar refractivity (Wildman–Crippen MR) is 90.0 cm³/mol. The quantitative estimate of drug-likeness (QED) is 0.863. The number of nitrogens with zero attached hydrogens (tertiary/aromatic N) is 1. The molecule has 1 aromatic carbocycles. The van der Waals surface area contributed by atoms with Gasteiger partial charge in [-0.1, -0.05) is 29.3 Å². The van der Waals surface area contributed by atoms with E-state index in [4.69, 9.17) is 23.2 Å². The van der Waals surface area contributed by atoms with Crippen molar-refractivity contribution in [3.05, 3.63) is 33.8 Å². The van der Waals surface area contributed by atoms with Gasteiger partial charge in [0.1, 0.15) is 0 Å². The number of sulfonamides is 1. The molecule has 120 valence electrons. The fraction of sp³-hybridized carbons (Fsp3) is 0.538. The van der Waals surface area contributed by atoms with Crippen LogP contribution < -0.4 is 5.32 Å². The molecule has 0 saturated carbocycles. The Kier molecular flexibility index (Phi) is 7.24. The maximum Gasteiger partial charge on any atom is 0.218 e. The monoisotopic (exact) mass is 372 g/mol. The minimum Gasteiger partial charge on any atom is -0.318 e. The number of likely N-dealkylation sites (N-methyl/N-ethyl adjacent to an activating group) is 1. The van der Waals surface area contributed by atoms with Crippen molar-refractivity contribution in [3.8, 4) is 0 Å². The summed E-state index contributed by atoms with van der Waals surface area (Å²) in [6, 6.07) is 5.05. The molecular formula is C13H19Cl3N2O2S. The van der Waals surface area contributed by atoms with Gasteiger partial charge in [0.05, 0.1) is 5.75 Å². The van der Waals surface area contributed by atoms with Gasteiger partial charge in [-0.3, -0.25) is 0 Å². The smallest absolute Gasteiger partial charge is 0.218 e. The lowest BCUT2D eigenvalue weighted by Gasteiger charge is -2.24. The standard InChI is InChI=1S/C13H18Cl2N2O2S.ClH/c1-16-8-10-4-3-7-17(10)20(18,19)9-11-12(14)5-2-6-13(11)15;/h2,5-6,10,16H,3-4,7-9H2,1H3;1H. The minimum absolute atomic E-state index is 0. The van der Waals surface area contributed by atoms with Crippen molar-refractivity contribution in [1.29, 1.82) is 0 Å². The largest absolute Gasteiger partial charge is 0.318 e. The van der Waals surface area contributed by atoms with Crippen LogP contribution >= 0.6 is 35.6 Å². The molecule has 0 aliphatic carbocycles. The van der Waals surface area contributed by atoms with Gasteiger partial charge in [0, 0.05) is 34.7 Å². The highest BCUT2D eigenvalue weighted by Crippen LogP contribution is 2.29. The van der Waals surface area contributed by atoms with Gasteiger partial charge >= 0.3 is 0 Å². The molecule has 0 spiro atoms. The van der Waals surface area contributed by atoms with Crippen LogP contribution in [0.25, 0.3) is 0 Å². The Bertz CT molecular complexity index is 561. The second-order valence-electron chi connectivity index (χ2n) is 4.92. The third kappa shape index (κ3) is 4.47. The fourth-order valence-corrected chi connectivity index (χ4v) is 5.12. The average molecular weight is 374 g/mol. The molecule has 0 aromatic heterocycles. The molecular weight excluding hydrogens is 355 g/mol. The van der Waals surface area contributed by atoms with Gasteiger partial charge in [0.25, 0.3) is 0 Å². The molecule has 1 unspecified atom stereocenters. The maximum atomic E-state index is 12.6. The van der Waals surface area contributed by atoms with Crippen LogP contribution in [0.4, 0.5) is 0 Å². The van der Waals surface area contributed by atoms with Crippen LogP contribution in [0.15, 0.2) is 18.2 Å². The van der Waals surface area contributed by atoms with E-state index < -0.39 is 10.0 Å². The van der Waals surface area contributed by atoms with Crippen LogP contribution in [0.2, 0.25) is 10.0 Å². The van der Waals surface area contributed by atoms with Crippen molar-refractivity contribution in [2.45, 2.75) is 24.6 Å². The molecule has 8 heteroatoms. The highest BCUT2D eigenvalue weighted by molar-refractivity contribution is 7.88. The summed E-state index contributed by atoms with van der Waals surface area (Å²) in [6.07, 6.45) is 1.78. The van der Waals surface area contributed by atoms with Crippen LogP contribution in [0.3, 0.4) is 0 Å². The molecule has 1 aliphatic rings. The summed E-state index contributed by atoms with van der Waals surface area (Å²) < 4.78 is 26.7. The molecule has 1 saturated heterocycles. The van der Waals surface area contributed by atoms with Gasteiger partial charge < -0.3 is 5.32 Å². The van der Waals surface area contributed by atoms with E-state index in [2.05, 4.69) is 5.32 Å². The topological polar surface area (TPSA) is 49.4 Å². The third-order valence-electron chi connectivity index (χ3n) is 3.51. The Balaban J connectivity index is 0.00000220. The molecule has 0 radical (unpaired) electrons. The SMILES string of the molecule is CNCC1CCCN1S(=O)(=O)Cc1c(Cl)cccc1Cl.Cl. The van der Waals surface area contributed by atoms with Gasteiger partial charge in [0.15, 0.2) is 0 Å². The highest BCUT2D eigenvalue weighted by Gasteiger charge is 2.34. The zero-order valence-electron chi connectivity index (χ0n) is 11.7. The lowest BCUT2D eigenvalue weighted by atomic mass is 10.2. The Morgan fingerprint density at radius 1 is 1.33 bits per heavy atom. The van der Waals surface area contributed by atoms with Crippen LogP contribution in [-0.2, 0) is 15.8 Å². The van der Waals surface area contributed by atoms with E-state index in [1.54, 1.807) is 22.5 Å². The van der Waals surface area contributed by atoms with Crippen molar-refractivity contribution in [1.82, 2.24) is 9.62 Å². The predicted octanol–water partition coefficient (Wildman–Crippen LogP) is 2.93. The number of rotatable bonds is 5. The Morgan fingerprint density at radius 3 is 2.52 bits per heavy atom. The fourth-order valence-electron chi connectivity index (χ4n) is 2.55. The zero-order chi connectivity index (χ0) is 14.8. The van der Waals surface area contributed by atoms with Crippen LogP contribution in [0, 0.1) is 0 Å². The molecule has 0 bridgehead atoms. The minimum atomic E-state index is -3.40.